The molecule has 0 atom stereocenters. The highest BCUT2D eigenvalue weighted by Crippen LogP contribution is 2.26. The number of hydrogen-bond acceptors (Lipinski definition) is 3. The molecule has 138 valence electrons. The smallest absolute Gasteiger partial charge is 0.422 e. The molecular formula is C17H15ClF3N3O2. The van der Waals surface area contributed by atoms with E-state index in [0.717, 1.165) is 0 Å². The van der Waals surface area contributed by atoms with Gasteiger partial charge in [0.05, 0.1) is 6.54 Å². The van der Waals surface area contributed by atoms with Crippen LogP contribution in [-0.2, 0) is 13.6 Å². The van der Waals surface area contributed by atoms with Crippen LogP contribution in [0.25, 0.3) is 11.0 Å². The largest absolute Gasteiger partial charge is 0.482 e. The highest BCUT2D eigenvalue weighted by molar-refractivity contribution is 6.31. The summed E-state index contributed by atoms with van der Waals surface area (Å²) in [5.41, 5.74) is 0.486. The number of aromatic nitrogens is 3. The van der Waals surface area contributed by atoms with Crippen molar-refractivity contribution in [2.24, 2.45) is 7.05 Å². The number of halogens is 4. The Labute approximate surface area is 151 Å². The van der Waals surface area contributed by atoms with Gasteiger partial charge in [-0.1, -0.05) is 29.8 Å². The summed E-state index contributed by atoms with van der Waals surface area (Å²) >= 11 is 6.14. The van der Waals surface area contributed by atoms with Gasteiger partial charge in [-0.2, -0.15) is 13.2 Å². The Morgan fingerprint density at radius 3 is 2.62 bits per heavy atom. The normalized spacial score (nSPS) is 11.9. The van der Waals surface area contributed by atoms with Gasteiger partial charge >= 0.3 is 6.18 Å². The van der Waals surface area contributed by atoms with Gasteiger partial charge in [0, 0.05) is 18.3 Å². The van der Waals surface area contributed by atoms with Crippen molar-refractivity contribution < 1.29 is 17.9 Å². The zero-order valence-electron chi connectivity index (χ0n) is 14.0. The van der Waals surface area contributed by atoms with E-state index in [1.54, 1.807) is 38.2 Å². The molecule has 0 bridgehead atoms. The summed E-state index contributed by atoms with van der Waals surface area (Å²) in [4.78, 5) is 17.3. The first-order chi connectivity index (χ1) is 12.2. The standard InChI is InChI=1S/C17H15ClF3N3O2/c1-10-22-15-14(13(8-23(15)2)26-9-17(19,20)21)16(25)24(10)7-11-5-3-4-6-12(11)18/h3-6,8H,7,9H2,1-2H3. The van der Waals surface area contributed by atoms with Crippen molar-refractivity contribution in [3.8, 4) is 5.75 Å². The van der Waals surface area contributed by atoms with E-state index >= 15 is 0 Å². The predicted octanol–water partition coefficient (Wildman–Crippen LogP) is 3.69. The van der Waals surface area contributed by atoms with E-state index in [1.165, 1.54) is 15.3 Å². The second-order valence-electron chi connectivity index (χ2n) is 5.85. The van der Waals surface area contributed by atoms with E-state index in [0.29, 0.717) is 16.4 Å². The minimum Gasteiger partial charge on any atom is -0.482 e. The molecule has 0 aliphatic rings. The van der Waals surface area contributed by atoms with Crippen LogP contribution in [0.3, 0.4) is 0 Å². The first-order valence-electron chi connectivity index (χ1n) is 7.67. The van der Waals surface area contributed by atoms with Crippen molar-refractivity contribution in [3.63, 3.8) is 0 Å². The summed E-state index contributed by atoms with van der Waals surface area (Å²) in [6.07, 6.45) is -3.18. The van der Waals surface area contributed by atoms with Crippen LogP contribution >= 0.6 is 11.6 Å². The monoisotopic (exact) mass is 385 g/mol. The third kappa shape index (κ3) is 3.55. The third-order valence-corrected chi connectivity index (χ3v) is 4.28. The lowest BCUT2D eigenvalue weighted by atomic mass is 10.2. The molecule has 0 unspecified atom stereocenters. The number of alkyl halides is 3. The number of hydrogen-bond donors (Lipinski definition) is 0. The zero-order chi connectivity index (χ0) is 19.1. The van der Waals surface area contributed by atoms with Gasteiger partial charge in [-0.3, -0.25) is 9.36 Å². The molecule has 3 aromatic rings. The molecule has 3 rings (SSSR count). The van der Waals surface area contributed by atoms with E-state index < -0.39 is 18.3 Å². The molecule has 0 saturated heterocycles. The Morgan fingerprint density at radius 2 is 1.96 bits per heavy atom. The number of fused-ring (bicyclic) bond motifs is 1. The summed E-state index contributed by atoms with van der Waals surface area (Å²) in [7, 11) is 1.59. The van der Waals surface area contributed by atoms with E-state index in [9.17, 15) is 18.0 Å². The maximum atomic E-state index is 12.9. The lowest BCUT2D eigenvalue weighted by molar-refractivity contribution is -0.153. The van der Waals surface area contributed by atoms with Crippen molar-refractivity contribution in [2.75, 3.05) is 6.61 Å². The first kappa shape index (κ1) is 18.3. The number of aryl methyl sites for hydroxylation is 2. The van der Waals surface area contributed by atoms with Crippen molar-refractivity contribution >= 4 is 22.6 Å². The maximum Gasteiger partial charge on any atom is 0.422 e. The minimum absolute atomic E-state index is 0.00871. The average Bonchev–Trinajstić information content (AvgIpc) is 2.86. The Hall–Kier alpha value is -2.48. The van der Waals surface area contributed by atoms with E-state index in [2.05, 4.69) is 4.98 Å². The number of rotatable bonds is 4. The molecular weight excluding hydrogens is 371 g/mol. The Balaban J connectivity index is 2.11. The second kappa shape index (κ2) is 6.68. The van der Waals surface area contributed by atoms with Gasteiger partial charge in [-0.05, 0) is 18.6 Å². The molecule has 2 heterocycles. The molecule has 0 saturated carbocycles. The van der Waals surface area contributed by atoms with Crippen LogP contribution in [0, 0.1) is 6.92 Å². The molecule has 0 spiro atoms. The molecule has 0 aliphatic heterocycles. The quantitative estimate of drug-likeness (QED) is 0.688. The van der Waals surface area contributed by atoms with E-state index in [1.807, 2.05) is 0 Å². The maximum absolute atomic E-state index is 12.9. The summed E-state index contributed by atoms with van der Waals surface area (Å²) < 4.78 is 45.1. The second-order valence-corrected chi connectivity index (χ2v) is 6.26. The average molecular weight is 386 g/mol. The lowest BCUT2D eigenvalue weighted by Gasteiger charge is -2.12. The third-order valence-electron chi connectivity index (χ3n) is 3.91. The number of ether oxygens (including phenoxy) is 1. The van der Waals surface area contributed by atoms with Crippen LogP contribution < -0.4 is 10.3 Å². The molecule has 0 radical (unpaired) electrons. The Morgan fingerprint density at radius 1 is 1.27 bits per heavy atom. The van der Waals surface area contributed by atoms with Crippen molar-refractivity contribution in [1.29, 1.82) is 0 Å². The fraction of sp³-hybridized carbons (Fsp3) is 0.294. The predicted molar refractivity (Wildman–Crippen MR) is 91.8 cm³/mol. The molecule has 0 N–H and O–H groups in total. The summed E-state index contributed by atoms with van der Waals surface area (Å²) in [6.45, 7) is 0.325. The van der Waals surface area contributed by atoms with Crippen LogP contribution in [0.15, 0.2) is 35.3 Å². The van der Waals surface area contributed by atoms with Gasteiger partial charge in [0.2, 0.25) is 0 Å². The molecule has 26 heavy (non-hydrogen) atoms. The van der Waals surface area contributed by atoms with Crippen LogP contribution in [-0.4, -0.2) is 26.9 Å². The van der Waals surface area contributed by atoms with Crippen molar-refractivity contribution in [2.45, 2.75) is 19.6 Å². The minimum atomic E-state index is -4.50. The Bertz CT molecular complexity index is 1020. The summed E-state index contributed by atoms with van der Waals surface area (Å²) in [5, 5.41) is 0.495. The summed E-state index contributed by atoms with van der Waals surface area (Å²) in [6, 6.07) is 7.02. The molecule has 0 amide bonds. The van der Waals surface area contributed by atoms with Crippen molar-refractivity contribution in [3.05, 3.63) is 57.2 Å². The fourth-order valence-electron chi connectivity index (χ4n) is 2.67. The van der Waals surface area contributed by atoms with Crippen LogP contribution in [0.4, 0.5) is 13.2 Å². The molecule has 0 aliphatic carbocycles. The molecule has 5 nitrogen and oxygen atoms in total. The van der Waals surface area contributed by atoms with Gasteiger partial charge in [0.1, 0.15) is 11.2 Å². The van der Waals surface area contributed by atoms with E-state index in [-0.39, 0.29) is 23.3 Å². The molecule has 9 heteroatoms. The number of nitrogens with zero attached hydrogens (tertiary/aromatic N) is 3. The van der Waals surface area contributed by atoms with Gasteiger partial charge in [0.25, 0.3) is 5.56 Å². The van der Waals surface area contributed by atoms with Crippen LogP contribution in [0.5, 0.6) is 5.75 Å². The topological polar surface area (TPSA) is 49.1 Å². The number of benzene rings is 1. The molecule has 2 aromatic heterocycles. The van der Waals surface area contributed by atoms with Gasteiger partial charge in [-0.25, -0.2) is 4.98 Å². The van der Waals surface area contributed by atoms with Crippen molar-refractivity contribution in [1.82, 2.24) is 14.1 Å². The fourth-order valence-corrected chi connectivity index (χ4v) is 2.87. The van der Waals surface area contributed by atoms with Crippen LogP contribution in [0.2, 0.25) is 5.02 Å². The molecule has 1 aromatic carbocycles. The first-order valence-corrected chi connectivity index (χ1v) is 8.04. The highest BCUT2D eigenvalue weighted by atomic mass is 35.5. The Kier molecular flexibility index (Phi) is 4.70. The zero-order valence-corrected chi connectivity index (χ0v) is 14.7. The van der Waals surface area contributed by atoms with Gasteiger partial charge in [-0.15, -0.1) is 0 Å². The summed E-state index contributed by atoms with van der Waals surface area (Å²) in [5.74, 6) is 0.274. The highest BCUT2D eigenvalue weighted by Gasteiger charge is 2.29. The van der Waals surface area contributed by atoms with Gasteiger partial charge in [0.15, 0.2) is 18.0 Å². The van der Waals surface area contributed by atoms with Gasteiger partial charge < -0.3 is 9.30 Å². The molecule has 0 fully saturated rings. The van der Waals surface area contributed by atoms with E-state index in [4.69, 9.17) is 16.3 Å². The SMILES string of the molecule is Cc1nc2c(c(OCC(F)(F)F)cn2C)c(=O)n1Cc1ccccc1Cl. The van der Waals surface area contributed by atoms with Crippen LogP contribution in [0.1, 0.15) is 11.4 Å². The lowest BCUT2D eigenvalue weighted by Crippen LogP contribution is -2.25.